The van der Waals surface area contributed by atoms with Crippen molar-refractivity contribution in [2.24, 2.45) is 0 Å². The van der Waals surface area contributed by atoms with Crippen LogP contribution in [-0.4, -0.2) is 57.7 Å². The van der Waals surface area contributed by atoms with E-state index in [4.69, 9.17) is 4.74 Å². The van der Waals surface area contributed by atoms with Gasteiger partial charge in [0, 0.05) is 11.6 Å². The lowest BCUT2D eigenvalue weighted by atomic mass is 9.92. The Kier molecular flexibility index (Phi) is 9.72. The van der Waals surface area contributed by atoms with Crippen molar-refractivity contribution in [3.8, 4) is 0 Å². The first-order chi connectivity index (χ1) is 16.2. The Morgan fingerprint density at radius 2 is 1.60 bits per heavy atom. The molecule has 2 rings (SSSR count). The SMILES string of the molecule is Cc1ccc(C(C(=O)NC2CCCCC2)N(C(=O)C(CO)NC(=O)OC(C)(C)C)C(C)(C)C)cc1. The van der Waals surface area contributed by atoms with E-state index in [0.29, 0.717) is 5.56 Å². The molecule has 1 aliphatic carbocycles. The lowest BCUT2D eigenvalue weighted by Gasteiger charge is -2.43. The number of hydrogen-bond acceptors (Lipinski definition) is 5. The molecular formula is C27H43N3O5. The molecule has 8 heteroatoms. The van der Waals surface area contributed by atoms with E-state index in [-0.39, 0.29) is 11.9 Å². The lowest BCUT2D eigenvalue weighted by molar-refractivity contribution is -0.149. The van der Waals surface area contributed by atoms with Crippen molar-refractivity contribution in [3.63, 3.8) is 0 Å². The van der Waals surface area contributed by atoms with Crippen molar-refractivity contribution in [2.75, 3.05) is 6.61 Å². The molecule has 1 aliphatic rings. The Balaban J connectivity index is 2.43. The smallest absolute Gasteiger partial charge is 0.408 e. The Morgan fingerprint density at radius 3 is 2.09 bits per heavy atom. The number of nitrogens with one attached hydrogen (secondary N) is 2. The van der Waals surface area contributed by atoms with Crippen molar-refractivity contribution < 1.29 is 24.2 Å². The fourth-order valence-electron chi connectivity index (χ4n) is 4.34. The summed E-state index contributed by atoms with van der Waals surface area (Å²) in [6.07, 6.45) is 4.31. The van der Waals surface area contributed by atoms with Crippen LogP contribution in [0.25, 0.3) is 0 Å². The molecule has 1 saturated carbocycles. The molecular weight excluding hydrogens is 446 g/mol. The number of nitrogens with zero attached hydrogens (tertiary/aromatic N) is 1. The Morgan fingerprint density at radius 1 is 1.03 bits per heavy atom. The zero-order valence-electron chi connectivity index (χ0n) is 22.3. The molecule has 2 unspecified atom stereocenters. The van der Waals surface area contributed by atoms with Crippen molar-refractivity contribution in [2.45, 2.75) is 110 Å². The molecule has 3 N–H and O–H groups in total. The summed E-state index contributed by atoms with van der Waals surface area (Å²) < 4.78 is 5.28. The maximum atomic E-state index is 13.8. The predicted octanol–water partition coefficient (Wildman–Crippen LogP) is 4.00. The van der Waals surface area contributed by atoms with E-state index < -0.39 is 41.8 Å². The van der Waals surface area contributed by atoms with Crippen LogP contribution in [0.3, 0.4) is 0 Å². The van der Waals surface area contributed by atoms with Crippen molar-refractivity contribution in [1.29, 1.82) is 0 Å². The summed E-state index contributed by atoms with van der Waals surface area (Å²) in [5, 5.41) is 15.7. The molecule has 0 radical (unpaired) electrons. The molecule has 8 nitrogen and oxygen atoms in total. The summed E-state index contributed by atoms with van der Waals surface area (Å²) in [4.78, 5) is 41.4. The number of rotatable bonds is 7. The lowest BCUT2D eigenvalue weighted by Crippen LogP contribution is -2.60. The summed E-state index contributed by atoms with van der Waals surface area (Å²) >= 11 is 0. The second kappa shape index (κ2) is 11.9. The average molecular weight is 490 g/mol. The number of benzene rings is 1. The van der Waals surface area contributed by atoms with Crippen LogP contribution < -0.4 is 10.6 Å². The Hall–Kier alpha value is -2.61. The second-order valence-electron chi connectivity index (χ2n) is 11.4. The first-order valence-corrected chi connectivity index (χ1v) is 12.5. The van der Waals surface area contributed by atoms with E-state index in [9.17, 15) is 19.5 Å². The topological polar surface area (TPSA) is 108 Å². The van der Waals surface area contributed by atoms with Crippen molar-refractivity contribution >= 4 is 17.9 Å². The summed E-state index contributed by atoms with van der Waals surface area (Å²) in [6, 6.07) is 5.38. The third-order valence-electron chi connectivity index (χ3n) is 5.98. The number of aryl methyl sites for hydroxylation is 1. The van der Waals surface area contributed by atoms with E-state index >= 15 is 0 Å². The van der Waals surface area contributed by atoms with Gasteiger partial charge in [0.05, 0.1) is 6.61 Å². The Bertz CT molecular complexity index is 864. The van der Waals surface area contributed by atoms with Crippen LogP contribution in [0.1, 0.15) is 90.8 Å². The number of aliphatic hydroxyl groups excluding tert-OH is 1. The molecule has 1 fully saturated rings. The van der Waals surface area contributed by atoms with Crippen LogP contribution in [0.15, 0.2) is 24.3 Å². The van der Waals surface area contributed by atoms with Crippen LogP contribution in [-0.2, 0) is 14.3 Å². The number of carbonyl (C=O) groups is 3. The molecule has 0 spiro atoms. The van der Waals surface area contributed by atoms with Crippen LogP contribution in [0, 0.1) is 6.92 Å². The minimum absolute atomic E-state index is 0.0645. The fraction of sp³-hybridized carbons (Fsp3) is 0.667. The second-order valence-corrected chi connectivity index (χ2v) is 11.4. The van der Waals surface area contributed by atoms with Crippen LogP contribution in [0.4, 0.5) is 4.79 Å². The molecule has 0 bridgehead atoms. The van der Waals surface area contributed by atoms with Gasteiger partial charge in [0.1, 0.15) is 17.7 Å². The number of hydrogen-bond donors (Lipinski definition) is 3. The molecule has 0 aromatic heterocycles. The van der Waals surface area contributed by atoms with Crippen LogP contribution in [0.2, 0.25) is 0 Å². The van der Waals surface area contributed by atoms with Gasteiger partial charge in [0.15, 0.2) is 0 Å². The van der Waals surface area contributed by atoms with Gasteiger partial charge < -0.3 is 25.4 Å². The van der Waals surface area contributed by atoms with E-state index in [2.05, 4.69) is 10.6 Å². The van der Waals surface area contributed by atoms with Gasteiger partial charge in [-0.25, -0.2) is 4.79 Å². The summed E-state index contributed by atoms with van der Waals surface area (Å²) in [5.41, 5.74) is 0.149. The number of carbonyl (C=O) groups excluding carboxylic acids is 3. The minimum Gasteiger partial charge on any atom is -0.444 e. The first kappa shape index (κ1) is 28.6. The monoisotopic (exact) mass is 489 g/mol. The molecule has 35 heavy (non-hydrogen) atoms. The van der Waals surface area contributed by atoms with E-state index in [1.165, 1.54) is 4.90 Å². The van der Waals surface area contributed by atoms with Gasteiger partial charge in [0.2, 0.25) is 11.8 Å². The summed E-state index contributed by atoms with van der Waals surface area (Å²) in [5.74, 6) is -0.826. The molecule has 1 aromatic carbocycles. The highest BCUT2D eigenvalue weighted by atomic mass is 16.6. The summed E-state index contributed by atoms with van der Waals surface area (Å²) in [6.45, 7) is 12.0. The van der Waals surface area contributed by atoms with Gasteiger partial charge in [-0.3, -0.25) is 9.59 Å². The first-order valence-electron chi connectivity index (χ1n) is 12.5. The van der Waals surface area contributed by atoms with Gasteiger partial charge in [0.25, 0.3) is 0 Å². The maximum Gasteiger partial charge on any atom is 0.408 e. The molecule has 0 aliphatic heterocycles. The van der Waals surface area contributed by atoms with Gasteiger partial charge >= 0.3 is 6.09 Å². The van der Waals surface area contributed by atoms with Crippen molar-refractivity contribution in [1.82, 2.24) is 15.5 Å². The molecule has 0 heterocycles. The maximum absolute atomic E-state index is 13.8. The fourth-order valence-corrected chi connectivity index (χ4v) is 4.34. The molecule has 1 aromatic rings. The minimum atomic E-state index is -1.26. The quantitative estimate of drug-likeness (QED) is 0.537. The highest BCUT2D eigenvalue weighted by Crippen LogP contribution is 2.31. The normalized spacial score (nSPS) is 16.7. The van der Waals surface area contributed by atoms with E-state index in [1.807, 2.05) is 52.0 Å². The highest BCUT2D eigenvalue weighted by molar-refractivity contribution is 5.92. The zero-order chi connectivity index (χ0) is 26.4. The van der Waals surface area contributed by atoms with Gasteiger partial charge in [-0.05, 0) is 66.9 Å². The van der Waals surface area contributed by atoms with Crippen LogP contribution in [0.5, 0.6) is 0 Å². The summed E-state index contributed by atoms with van der Waals surface area (Å²) in [7, 11) is 0. The largest absolute Gasteiger partial charge is 0.444 e. The van der Waals surface area contributed by atoms with Crippen molar-refractivity contribution in [3.05, 3.63) is 35.4 Å². The predicted molar refractivity (Wildman–Crippen MR) is 136 cm³/mol. The number of amides is 3. The van der Waals surface area contributed by atoms with Gasteiger partial charge in [-0.1, -0.05) is 49.1 Å². The molecule has 0 saturated heterocycles. The van der Waals surface area contributed by atoms with Gasteiger partial charge in [-0.15, -0.1) is 0 Å². The highest BCUT2D eigenvalue weighted by Gasteiger charge is 2.42. The number of aliphatic hydroxyl groups is 1. The van der Waals surface area contributed by atoms with Crippen LogP contribution >= 0.6 is 0 Å². The standard InChI is InChI=1S/C27H43N3O5/c1-18-13-15-19(16-14-18)22(23(32)28-20-11-9-8-10-12-20)30(26(2,3)4)24(33)21(17-31)29-25(34)35-27(5,6)7/h13-16,20-22,31H,8-12,17H2,1-7H3,(H,28,32)(H,29,34). The number of alkyl carbamates (subject to hydrolysis) is 1. The van der Waals surface area contributed by atoms with E-state index in [0.717, 1.165) is 37.7 Å². The molecule has 196 valence electrons. The molecule has 2 atom stereocenters. The Labute approximate surface area is 209 Å². The average Bonchev–Trinajstić information content (AvgIpc) is 2.74. The zero-order valence-corrected chi connectivity index (χ0v) is 22.3. The third-order valence-corrected chi connectivity index (χ3v) is 5.98. The van der Waals surface area contributed by atoms with E-state index in [1.54, 1.807) is 20.8 Å². The van der Waals surface area contributed by atoms with Gasteiger partial charge in [-0.2, -0.15) is 0 Å². The number of ether oxygens (including phenoxy) is 1. The molecule has 3 amide bonds. The third kappa shape index (κ3) is 8.53.